The van der Waals surface area contributed by atoms with Crippen molar-refractivity contribution in [3.63, 3.8) is 0 Å². The lowest BCUT2D eigenvalue weighted by Gasteiger charge is -2.08. The smallest absolute Gasteiger partial charge is 0.238 e. The molecule has 0 radical (unpaired) electrons. The predicted molar refractivity (Wildman–Crippen MR) is 121 cm³/mol. The third-order valence-electron chi connectivity index (χ3n) is 4.56. The first-order chi connectivity index (χ1) is 14.7. The summed E-state index contributed by atoms with van der Waals surface area (Å²) < 4.78 is 47.5. The maximum absolute atomic E-state index is 14.3. The van der Waals surface area contributed by atoms with Crippen molar-refractivity contribution in [2.75, 3.05) is 5.32 Å². The summed E-state index contributed by atoms with van der Waals surface area (Å²) >= 11 is 3.30. The summed E-state index contributed by atoms with van der Waals surface area (Å²) in [7, 11) is -4.04. The first-order valence-corrected chi connectivity index (χ1v) is 11.6. The van der Waals surface area contributed by atoms with Crippen molar-refractivity contribution in [2.45, 2.75) is 23.8 Å². The second-order valence-electron chi connectivity index (χ2n) is 7.09. The van der Waals surface area contributed by atoms with Crippen molar-refractivity contribution in [1.82, 2.24) is 4.98 Å². The zero-order chi connectivity index (χ0) is 22.2. The molecule has 0 saturated carbocycles. The van der Waals surface area contributed by atoms with Gasteiger partial charge in [0.15, 0.2) is 0 Å². The van der Waals surface area contributed by atoms with Crippen LogP contribution in [0.3, 0.4) is 0 Å². The van der Waals surface area contributed by atoms with Crippen LogP contribution in [-0.2, 0) is 9.84 Å². The van der Waals surface area contributed by atoms with E-state index in [1.165, 1.54) is 30.3 Å². The van der Waals surface area contributed by atoms with Crippen molar-refractivity contribution < 1.29 is 17.2 Å². The minimum absolute atomic E-state index is 0.0487. The van der Waals surface area contributed by atoms with Crippen LogP contribution in [0.25, 0.3) is 11.5 Å². The van der Waals surface area contributed by atoms with E-state index in [-0.39, 0.29) is 27.3 Å². The highest BCUT2D eigenvalue weighted by molar-refractivity contribution is 9.10. The molecular formula is C23H18BrFN2O3S. The van der Waals surface area contributed by atoms with Crippen LogP contribution in [0.1, 0.15) is 11.1 Å². The molecule has 0 unspecified atom stereocenters. The molecule has 1 aromatic heterocycles. The Bertz CT molecular complexity index is 1350. The van der Waals surface area contributed by atoms with Gasteiger partial charge in [-0.25, -0.2) is 12.8 Å². The molecule has 0 fully saturated rings. The number of benzene rings is 3. The second-order valence-corrected chi connectivity index (χ2v) is 9.87. The van der Waals surface area contributed by atoms with E-state index >= 15 is 0 Å². The van der Waals surface area contributed by atoms with E-state index in [0.717, 1.165) is 15.6 Å². The van der Waals surface area contributed by atoms with Crippen LogP contribution >= 0.6 is 15.9 Å². The molecule has 0 aliphatic carbocycles. The number of rotatable bonds is 5. The van der Waals surface area contributed by atoms with Crippen LogP contribution in [0.4, 0.5) is 16.0 Å². The number of aromatic nitrogens is 1. The van der Waals surface area contributed by atoms with Crippen LogP contribution in [0.15, 0.2) is 85.5 Å². The molecule has 8 heteroatoms. The molecule has 1 N–H and O–H groups in total. The van der Waals surface area contributed by atoms with Gasteiger partial charge in [-0.2, -0.15) is 4.98 Å². The number of sulfone groups is 1. The fraction of sp³-hybridized carbons (Fsp3) is 0.0870. The molecule has 31 heavy (non-hydrogen) atoms. The van der Waals surface area contributed by atoms with E-state index in [1.54, 1.807) is 18.2 Å². The molecule has 0 saturated heterocycles. The van der Waals surface area contributed by atoms with Crippen LogP contribution < -0.4 is 5.32 Å². The maximum Gasteiger partial charge on any atom is 0.238 e. The zero-order valence-electron chi connectivity index (χ0n) is 16.7. The summed E-state index contributed by atoms with van der Waals surface area (Å²) in [6.45, 7) is 3.87. The quantitative estimate of drug-likeness (QED) is 0.341. The Balaban J connectivity index is 1.88. The molecule has 3 aromatic carbocycles. The summed E-state index contributed by atoms with van der Waals surface area (Å²) in [5.74, 6) is -0.763. The number of halogens is 2. The number of hydrogen-bond donors (Lipinski definition) is 1. The lowest BCUT2D eigenvalue weighted by Crippen LogP contribution is -2.05. The van der Waals surface area contributed by atoms with E-state index < -0.39 is 15.7 Å². The molecule has 0 amide bonds. The first kappa shape index (κ1) is 21.3. The van der Waals surface area contributed by atoms with Gasteiger partial charge in [0.1, 0.15) is 5.82 Å². The van der Waals surface area contributed by atoms with Crippen molar-refractivity contribution in [3.8, 4) is 11.5 Å². The normalized spacial score (nSPS) is 11.5. The third kappa shape index (κ3) is 4.40. The Kier molecular flexibility index (Phi) is 5.68. The summed E-state index contributed by atoms with van der Waals surface area (Å²) in [6, 6.07) is 17.8. The summed E-state index contributed by atoms with van der Waals surface area (Å²) in [5.41, 5.74) is 2.70. The van der Waals surface area contributed by atoms with Crippen LogP contribution in [0.2, 0.25) is 0 Å². The largest absolute Gasteiger partial charge is 0.419 e. The van der Waals surface area contributed by atoms with Gasteiger partial charge in [-0.3, -0.25) is 0 Å². The molecule has 1 heterocycles. The molecule has 158 valence electrons. The van der Waals surface area contributed by atoms with Gasteiger partial charge in [0.25, 0.3) is 0 Å². The van der Waals surface area contributed by atoms with Crippen molar-refractivity contribution in [2.24, 2.45) is 0 Å². The topological polar surface area (TPSA) is 72.2 Å². The van der Waals surface area contributed by atoms with E-state index in [2.05, 4.69) is 26.2 Å². The van der Waals surface area contributed by atoms with Gasteiger partial charge in [0.2, 0.25) is 26.6 Å². The standard InChI is InChI=1S/C23H18BrFN2O3S/c1-14-11-15(2)13-17(12-14)26-22-23(31(28,29)18-9-7-16(24)8-10-18)27-21(30-22)19-5-3-4-6-20(19)25/h3-13,26H,1-2H3. The SMILES string of the molecule is Cc1cc(C)cc(Nc2oc(-c3ccccc3F)nc2S(=O)(=O)c2ccc(Br)cc2)c1. The van der Waals surface area contributed by atoms with Gasteiger partial charge in [-0.05, 0) is 73.5 Å². The number of oxazole rings is 1. The number of aryl methyl sites for hydroxylation is 2. The minimum Gasteiger partial charge on any atom is -0.419 e. The van der Waals surface area contributed by atoms with Gasteiger partial charge in [-0.15, -0.1) is 0 Å². The van der Waals surface area contributed by atoms with Gasteiger partial charge < -0.3 is 9.73 Å². The Morgan fingerprint density at radius 1 is 0.968 bits per heavy atom. The van der Waals surface area contributed by atoms with Gasteiger partial charge in [0.05, 0.1) is 10.5 Å². The molecular weight excluding hydrogens is 483 g/mol. The molecule has 4 aromatic rings. The highest BCUT2D eigenvalue weighted by Gasteiger charge is 2.29. The molecule has 0 bridgehead atoms. The van der Waals surface area contributed by atoms with E-state index in [4.69, 9.17) is 4.42 Å². The Hall–Kier alpha value is -2.97. The lowest BCUT2D eigenvalue weighted by atomic mass is 10.1. The highest BCUT2D eigenvalue weighted by atomic mass is 79.9. The van der Waals surface area contributed by atoms with Gasteiger partial charge in [-0.1, -0.05) is 34.1 Å². The number of anilines is 2. The average molecular weight is 501 g/mol. The Labute approximate surface area is 188 Å². The predicted octanol–water partition coefficient (Wildman–Crippen LogP) is 6.44. The molecule has 0 atom stereocenters. The number of nitrogens with zero attached hydrogens (tertiary/aromatic N) is 1. The average Bonchev–Trinajstić information content (AvgIpc) is 3.12. The van der Waals surface area contributed by atoms with Crippen LogP contribution in [0.5, 0.6) is 0 Å². The zero-order valence-corrected chi connectivity index (χ0v) is 19.1. The van der Waals surface area contributed by atoms with Crippen LogP contribution in [0, 0.1) is 19.7 Å². The minimum atomic E-state index is -4.04. The van der Waals surface area contributed by atoms with Crippen molar-refractivity contribution in [1.29, 1.82) is 0 Å². The second kappa shape index (κ2) is 8.28. The lowest BCUT2D eigenvalue weighted by molar-refractivity contribution is 0.572. The maximum atomic E-state index is 14.3. The van der Waals surface area contributed by atoms with Crippen molar-refractivity contribution in [3.05, 3.63) is 88.1 Å². The summed E-state index contributed by atoms with van der Waals surface area (Å²) in [5, 5.41) is 2.70. The molecule has 0 aliphatic heterocycles. The summed E-state index contributed by atoms with van der Waals surface area (Å²) in [4.78, 5) is 4.23. The molecule has 0 spiro atoms. The van der Waals surface area contributed by atoms with E-state index in [0.29, 0.717) is 5.69 Å². The number of hydrogen-bond acceptors (Lipinski definition) is 5. The first-order valence-electron chi connectivity index (χ1n) is 9.36. The molecule has 4 rings (SSSR count). The number of nitrogens with one attached hydrogen (secondary N) is 1. The van der Waals surface area contributed by atoms with Crippen molar-refractivity contribution >= 4 is 37.3 Å². The summed E-state index contributed by atoms with van der Waals surface area (Å²) in [6.07, 6.45) is 0. The fourth-order valence-electron chi connectivity index (χ4n) is 3.22. The van der Waals surface area contributed by atoms with E-state index in [1.807, 2.05) is 32.0 Å². The Morgan fingerprint density at radius 2 is 1.61 bits per heavy atom. The molecule has 5 nitrogen and oxygen atoms in total. The van der Waals surface area contributed by atoms with E-state index in [9.17, 15) is 12.8 Å². The molecule has 0 aliphatic rings. The third-order valence-corrected chi connectivity index (χ3v) is 6.77. The monoisotopic (exact) mass is 500 g/mol. The van der Waals surface area contributed by atoms with Gasteiger partial charge in [0, 0.05) is 10.2 Å². The van der Waals surface area contributed by atoms with Crippen LogP contribution in [-0.4, -0.2) is 13.4 Å². The highest BCUT2D eigenvalue weighted by Crippen LogP contribution is 2.35. The Morgan fingerprint density at radius 3 is 2.26 bits per heavy atom. The van der Waals surface area contributed by atoms with Gasteiger partial charge >= 0.3 is 0 Å². The fourth-order valence-corrected chi connectivity index (χ4v) is 4.74.